The molecule has 0 saturated carbocycles. The van der Waals surface area contributed by atoms with Crippen LogP contribution in [0.5, 0.6) is 5.75 Å². The van der Waals surface area contributed by atoms with Crippen LogP contribution in [0.2, 0.25) is 5.02 Å². The van der Waals surface area contributed by atoms with E-state index in [2.05, 4.69) is 5.32 Å². The molecule has 0 bridgehead atoms. The summed E-state index contributed by atoms with van der Waals surface area (Å²) in [6, 6.07) is 14.7. The number of carbonyl (C=O) groups is 1. The summed E-state index contributed by atoms with van der Waals surface area (Å²) in [5, 5.41) is 13.1. The van der Waals surface area contributed by atoms with Gasteiger partial charge < -0.3 is 15.2 Å². The molecule has 0 heterocycles. The van der Waals surface area contributed by atoms with Gasteiger partial charge >= 0.3 is 5.97 Å². The minimum atomic E-state index is -0.820. The average Bonchev–Trinajstić information content (AvgIpc) is 2.58. The van der Waals surface area contributed by atoms with E-state index in [-0.39, 0.29) is 0 Å². The van der Waals surface area contributed by atoms with Crippen LogP contribution in [0.25, 0.3) is 0 Å². The number of rotatable bonds is 9. The maximum Gasteiger partial charge on any atom is 0.320 e. The van der Waals surface area contributed by atoms with Gasteiger partial charge in [-0.1, -0.05) is 55.8 Å². The molecule has 0 aliphatic rings. The van der Waals surface area contributed by atoms with Crippen LogP contribution >= 0.6 is 11.6 Å². The van der Waals surface area contributed by atoms with Crippen molar-refractivity contribution in [2.45, 2.75) is 39.5 Å². The highest BCUT2D eigenvalue weighted by Crippen LogP contribution is 2.19. The molecular weight excluding hydrogens is 338 g/mol. The highest BCUT2D eigenvalue weighted by Gasteiger charge is 2.17. The molecule has 0 aliphatic heterocycles. The van der Waals surface area contributed by atoms with Gasteiger partial charge in [-0.15, -0.1) is 0 Å². The topological polar surface area (TPSA) is 58.6 Å². The van der Waals surface area contributed by atoms with Gasteiger partial charge in [-0.2, -0.15) is 0 Å². The molecule has 0 spiro atoms. The van der Waals surface area contributed by atoms with Crippen LogP contribution in [-0.4, -0.2) is 17.1 Å². The Morgan fingerprint density at radius 2 is 1.96 bits per heavy atom. The van der Waals surface area contributed by atoms with Crippen molar-refractivity contribution in [2.24, 2.45) is 5.92 Å². The van der Waals surface area contributed by atoms with Crippen molar-refractivity contribution in [1.29, 1.82) is 0 Å². The summed E-state index contributed by atoms with van der Waals surface area (Å²) in [5.74, 6) is 0.230. The first-order valence-electron chi connectivity index (χ1n) is 8.37. The van der Waals surface area contributed by atoms with Crippen LogP contribution in [0.15, 0.2) is 48.5 Å². The number of aliphatic carboxylic acids is 1. The van der Waals surface area contributed by atoms with Gasteiger partial charge in [0.2, 0.25) is 0 Å². The quantitative estimate of drug-likeness (QED) is 0.690. The van der Waals surface area contributed by atoms with Crippen LogP contribution in [0.3, 0.4) is 0 Å². The van der Waals surface area contributed by atoms with E-state index in [0.717, 1.165) is 16.9 Å². The average molecular weight is 362 g/mol. The molecule has 4 nitrogen and oxygen atoms in total. The lowest BCUT2D eigenvalue weighted by molar-refractivity contribution is -0.140. The lowest BCUT2D eigenvalue weighted by Crippen LogP contribution is -2.37. The SMILES string of the molecule is CC(C)CC(NCc1cccc(OCc2ccccc2Cl)c1)C(=O)O. The molecule has 0 saturated heterocycles. The molecule has 5 heteroatoms. The molecule has 2 aromatic rings. The summed E-state index contributed by atoms with van der Waals surface area (Å²) in [7, 11) is 0. The molecule has 0 aromatic heterocycles. The lowest BCUT2D eigenvalue weighted by atomic mass is 10.0. The first-order valence-corrected chi connectivity index (χ1v) is 8.75. The molecule has 0 radical (unpaired) electrons. The molecule has 134 valence electrons. The second-order valence-electron chi connectivity index (χ2n) is 6.43. The van der Waals surface area contributed by atoms with Gasteiger partial charge in [0.15, 0.2) is 0 Å². The second kappa shape index (κ2) is 9.44. The highest BCUT2D eigenvalue weighted by atomic mass is 35.5. The predicted molar refractivity (Wildman–Crippen MR) is 99.9 cm³/mol. The molecule has 2 aromatic carbocycles. The third-order valence-electron chi connectivity index (χ3n) is 3.81. The number of hydrogen-bond donors (Lipinski definition) is 2. The van der Waals surface area contributed by atoms with Gasteiger partial charge in [0.05, 0.1) is 0 Å². The van der Waals surface area contributed by atoms with Gasteiger partial charge in [-0.05, 0) is 36.1 Å². The highest BCUT2D eigenvalue weighted by molar-refractivity contribution is 6.31. The van der Waals surface area contributed by atoms with Crippen LogP contribution in [0, 0.1) is 5.92 Å². The molecule has 0 fully saturated rings. The van der Waals surface area contributed by atoms with E-state index >= 15 is 0 Å². The zero-order chi connectivity index (χ0) is 18.2. The number of benzene rings is 2. The molecule has 0 amide bonds. The van der Waals surface area contributed by atoms with Crippen molar-refractivity contribution in [3.63, 3.8) is 0 Å². The Balaban J connectivity index is 1.94. The van der Waals surface area contributed by atoms with E-state index in [1.54, 1.807) is 0 Å². The van der Waals surface area contributed by atoms with Crippen molar-refractivity contribution in [3.8, 4) is 5.75 Å². The van der Waals surface area contributed by atoms with E-state index in [4.69, 9.17) is 16.3 Å². The van der Waals surface area contributed by atoms with E-state index in [9.17, 15) is 9.90 Å². The fourth-order valence-corrected chi connectivity index (χ4v) is 2.70. The Labute approximate surface area is 153 Å². The lowest BCUT2D eigenvalue weighted by Gasteiger charge is -2.17. The number of ether oxygens (including phenoxy) is 1. The zero-order valence-corrected chi connectivity index (χ0v) is 15.3. The smallest absolute Gasteiger partial charge is 0.320 e. The first kappa shape index (κ1) is 19.3. The Hall–Kier alpha value is -2.04. The summed E-state index contributed by atoms with van der Waals surface area (Å²) in [6.45, 7) is 4.90. The molecule has 1 unspecified atom stereocenters. The van der Waals surface area contributed by atoms with Crippen molar-refractivity contribution < 1.29 is 14.6 Å². The summed E-state index contributed by atoms with van der Waals surface area (Å²) < 4.78 is 5.80. The number of hydrogen-bond acceptors (Lipinski definition) is 3. The van der Waals surface area contributed by atoms with Gasteiger partial charge in [0.1, 0.15) is 18.4 Å². The normalized spacial score (nSPS) is 12.2. The number of carboxylic acids is 1. The molecule has 1 atom stereocenters. The van der Waals surface area contributed by atoms with Crippen LogP contribution < -0.4 is 10.1 Å². The number of halogens is 1. The summed E-state index contributed by atoms with van der Waals surface area (Å²) in [5.41, 5.74) is 1.90. The number of nitrogens with one attached hydrogen (secondary N) is 1. The van der Waals surface area contributed by atoms with E-state index in [1.807, 2.05) is 62.4 Å². The monoisotopic (exact) mass is 361 g/mol. The maximum atomic E-state index is 11.3. The Morgan fingerprint density at radius 3 is 2.64 bits per heavy atom. The number of carboxylic acid groups (broad SMARTS) is 1. The Morgan fingerprint density at radius 1 is 1.20 bits per heavy atom. The van der Waals surface area contributed by atoms with Gasteiger partial charge in [0.25, 0.3) is 0 Å². The Bertz CT molecular complexity index is 703. The van der Waals surface area contributed by atoms with E-state index in [1.165, 1.54) is 0 Å². The molecule has 2 N–H and O–H groups in total. The first-order chi connectivity index (χ1) is 12.0. The van der Waals surface area contributed by atoms with Crippen molar-refractivity contribution in [1.82, 2.24) is 5.32 Å². The zero-order valence-electron chi connectivity index (χ0n) is 14.5. The van der Waals surface area contributed by atoms with Crippen molar-refractivity contribution >= 4 is 17.6 Å². The third kappa shape index (κ3) is 6.40. The minimum absolute atomic E-state index is 0.318. The van der Waals surface area contributed by atoms with Crippen molar-refractivity contribution in [2.75, 3.05) is 0 Å². The fourth-order valence-electron chi connectivity index (χ4n) is 2.51. The predicted octanol–water partition coefficient (Wildman–Crippen LogP) is 4.51. The van der Waals surface area contributed by atoms with Gasteiger partial charge in [-0.3, -0.25) is 4.79 Å². The van der Waals surface area contributed by atoms with E-state index < -0.39 is 12.0 Å². The van der Waals surface area contributed by atoms with Gasteiger partial charge in [-0.25, -0.2) is 0 Å². The Kier molecular flexibility index (Phi) is 7.29. The summed E-state index contributed by atoms with van der Waals surface area (Å²) in [4.78, 5) is 11.3. The van der Waals surface area contributed by atoms with Crippen molar-refractivity contribution in [3.05, 3.63) is 64.7 Å². The molecular formula is C20H24ClNO3. The largest absolute Gasteiger partial charge is 0.489 e. The minimum Gasteiger partial charge on any atom is -0.489 e. The van der Waals surface area contributed by atoms with Crippen LogP contribution in [0.1, 0.15) is 31.4 Å². The van der Waals surface area contributed by atoms with Crippen LogP contribution in [0.4, 0.5) is 0 Å². The third-order valence-corrected chi connectivity index (χ3v) is 4.18. The van der Waals surface area contributed by atoms with E-state index in [0.29, 0.717) is 30.5 Å². The maximum absolute atomic E-state index is 11.3. The standard InChI is InChI=1S/C20H24ClNO3/c1-14(2)10-19(20(23)24)22-12-15-6-5-8-17(11-15)25-13-16-7-3-4-9-18(16)21/h3-9,11,14,19,22H,10,12-13H2,1-2H3,(H,23,24). The molecule has 25 heavy (non-hydrogen) atoms. The molecule has 2 rings (SSSR count). The van der Waals surface area contributed by atoms with Crippen LogP contribution in [-0.2, 0) is 17.9 Å². The fraction of sp³-hybridized carbons (Fsp3) is 0.350. The molecule has 0 aliphatic carbocycles. The summed E-state index contributed by atoms with van der Waals surface area (Å²) in [6.07, 6.45) is 0.595. The summed E-state index contributed by atoms with van der Waals surface area (Å²) >= 11 is 6.13. The second-order valence-corrected chi connectivity index (χ2v) is 6.84. The van der Waals surface area contributed by atoms with Gasteiger partial charge in [0, 0.05) is 17.1 Å².